The second-order valence-corrected chi connectivity index (χ2v) is 9.26. The molecule has 1 aliphatic heterocycles. The van der Waals surface area contributed by atoms with Crippen LogP contribution < -0.4 is 10.1 Å². The van der Waals surface area contributed by atoms with Gasteiger partial charge >= 0.3 is 0 Å². The SMILES string of the molecule is COc1ccc2nccc(CC[C@@H]3CC[C@@H](NC/C=C/c4cc(F)ccc4F)C(C[C@@H](O)CO)O3)c2n1. The number of methoxy groups -OCH3 is 1. The highest BCUT2D eigenvalue weighted by Gasteiger charge is 2.32. The van der Waals surface area contributed by atoms with Gasteiger partial charge in [-0.3, -0.25) is 4.98 Å². The summed E-state index contributed by atoms with van der Waals surface area (Å²) in [5, 5.41) is 22.8. The lowest BCUT2D eigenvalue weighted by atomic mass is 9.92. The number of aryl methyl sites for hydroxylation is 1. The van der Waals surface area contributed by atoms with Crippen molar-refractivity contribution in [3.05, 3.63) is 71.4 Å². The van der Waals surface area contributed by atoms with E-state index in [1.54, 1.807) is 25.4 Å². The predicted octanol–water partition coefficient (Wildman–Crippen LogP) is 3.81. The Morgan fingerprint density at radius 2 is 2.08 bits per heavy atom. The topological polar surface area (TPSA) is 96.7 Å². The lowest BCUT2D eigenvalue weighted by Crippen LogP contribution is -2.49. The van der Waals surface area contributed by atoms with Crippen molar-refractivity contribution in [1.29, 1.82) is 0 Å². The van der Waals surface area contributed by atoms with Gasteiger partial charge in [-0.15, -0.1) is 0 Å². The minimum absolute atomic E-state index is 0.0142. The van der Waals surface area contributed by atoms with Gasteiger partial charge < -0.3 is 25.0 Å². The lowest BCUT2D eigenvalue weighted by molar-refractivity contribution is -0.0917. The summed E-state index contributed by atoms with van der Waals surface area (Å²) in [7, 11) is 1.58. The van der Waals surface area contributed by atoms with E-state index in [1.807, 2.05) is 12.1 Å². The highest BCUT2D eigenvalue weighted by Crippen LogP contribution is 2.27. The monoisotopic (exact) mass is 513 g/mol. The molecule has 2 aromatic heterocycles. The van der Waals surface area contributed by atoms with E-state index in [9.17, 15) is 19.0 Å². The smallest absolute Gasteiger partial charge is 0.213 e. The number of pyridine rings is 2. The third kappa shape index (κ3) is 7.29. The molecular formula is C28H33F2N3O4. The van der Waals surface area contributed by atoms with Gasteiger partial charge in [0.05, 0.1) is 43.1 Å². The molecule has 7 nitrogen and oxygen atoms in total. The molecule has 198 valence electrons. The van der Waals surface area contributed by atoms with Crippen molar-refractivity contribution in [2.45, 2.75) is 56.5 Å². The maximum atomic E-state index is 13.8. The second-order valence-electron chi connectivity index (χ2n) is 9.26. The Balaban J connectivity index is 1.36. The quantitative estimate of drug-likeness (QED) is 0.359. The second kappa shape index (κ2) is 13.0. The van der Waals surface area contributed by atoms with Crippen LogP contribution in [0.2, 0.25) is 0 Å². The number of ether oxygens (including phenoxy) is 2. The van der Waals surface area contributed by atoms with E-state index in [0.29, 0.717) is 18.8 Å². The molecule has 0 bridgehead atoms. The Morgan fingerprint density at radius 3 is 2.89 bits per heavy atom. The Kier molecular flexibility index (Phi) is 9.51. The van der Waals surface area contributed by atoms with Gasteiger partial charge in [-0.1, -0.05) is 12.2 Å². The van der Waals surface area contributed by atoms with E-state index in [0.717, 1.165) is 60.5 Å². The van der Waals surface area contributed by atoms with Gasteiger partial charge in [0, 0.05) is 36.8 Å². The van der Waals surface area contributed by atoms with E-state index in [4.69, 9.17) is 9.47 Å². The minimum Gasteiger partial charge on any atom is -0.481 e. The first-order valence-corrected chi connectivity index (χ1v) is 12.5. The highest BCUT2D eigenvalue weighted by molar-refractivity contribution is 5.78. The van der Waals surface area contributed by atoms with Crippen LogP contribution in [-0.4, -0.2) is 64.8 Å². The molecule has 0 aliphatic carbocycles. The number of aromatic nitrogens is 2. The Hall–Kier alpha value is -2.98. The summed E-state index contributed by atoms with van der Waals surface area (Å²) in [5.74, 6) is -0.439. The zero-order chi connectivity index (χ0) is 26.2. The minimum atomic E-state index is -0.884. The molecule has 1 unspecified atom stereocenters. The summed E-state index contributed by atoms with van der Waals surface area (Å²) in [4.78, 5) is 8.95. The van der Waals surface area contributed by atoms with Crippen LogP contribution in [0.25, 0.3) is 17.1 Å². The van der Waals surface area contributed by atoms with Gasteiger partial charge in [-0.2, -0.15) is 0 Å². The third-order valence-corrected chi connectivity index (χ3v) is 6.67. The third-order valence-electron chi connectivity index (χ3n) is 6.67. The van der Waals surface area contributed by atoms with Gasteiger partial charge in [0.2, 0.25) is 5.88 Å². The lowest BCUT2D eigenvalue weighted by Gasteiger charge is -2.38. The van der Waals surface area contributed by atoms with Crippen LogP contribution in [0.4, 0.5) is 8.78 Å². The summed E-state index contributed by atoms with van der Waals surface area (Å²) >= 11 is 0. The van der Waals surface area contributed by atoms with Crippen LogP contribution in [0.3, 0.4) is 0 Å². The first-order valence-electron chi connectivity index (χ1n) is 12.5. The van der Waals surface area contributed by atoms with Crippen LogP contribution >= 0.6 is 0 Å². The van der Waals surface area contributed by atoms with Crippen molar-refractivity contribution in [2.75, 3.05) is 20.3 Å². The fourth-order valence-corrected chi connectivity index (χ4v) is 4.71. The molecule has 1 aromatic carbocycles. The zero-order valence-electron chi connectivity index (χ0n) is 20.8. The summed E-state index contributed by atoms with van der Waals surface area (Å²) < 4.78 is 38.9. The summed E-state index contributed by atoms with van der Waals surface area (Å²) in [5.41, 5.74) is 2.87. The molecule has 37 heavy (non-hydrogen) atoms. The van der Waals surface area contributed by atoms with Crippen LogP contribution in [0.1, 0.15) is 36.8 Å². The molecule has 0 saturated carbocycles. The van der Waals surface area contributed by atoms with Crippen LogP contribution in [0.15, 0.2) is 48.7 Å². The van der Waals surface area contributed by atoms with E-state index in [2.05, 4.69) is 15.3 Å². The van der Waals surface area contributed by atoms with Gasteiger partial charge in [0.25, 0.3) is 0 Å². The van der Waals surface area contributed by atoms with Crippen molar-refractivity contribution in [3.63, 3.8) is 0 Å². The largest absolute Gasteiger partial charge is 0.481 e. The fraction of sp³-hybridized carbons (Fsp3) is 0.429. The van der Waals surface area contributed by atoms with Crippen LogP contribution in [-0.2, 0) is 11.2 Å². The van der Waals surface area contributed by atoms with Crippen molar-refractivity contribution in [1.82, 2.24) is 15.3 Å². The van der Waals surface area contributed by atoms with E-state index < -0.39 is 17.7 Å². The maximum absolute atomic E-state index is 13.8. The molecule has 0 amide bonds. The van der Waals surface area contributed by atoms with Crippen LogP contribution in [0.5, 0.6) is 5.88 Å². The molecule has 4 rings (SSSR count). The zero-order valence-corrected chi connectivity index (χ0v) is 20.8. The van der Waals surface area contributed by atoms with Gasteiger partial charge in [0.15, 0.2) is 0 Å². The molecule has 1 saturated heterocycles. The Morgan fingerprint density at radius 1 is 1.22 bits per heavy atom. The molecule has 0 spiro atoms. The van der Waals surface area contributed by atoms with E-state index >= 15 is 0 Å². The van der Waals surface area contributed by atoms with Gasteiger partial charge in [0.1, 0.15) is 11.6 Å². The van der Waals surface area contributed by atoms with E-state index in [-0.39, 0.29) is 30.4 Å². The molecule has 3 N–H and O–H groups in total. The highest BCUT2D eigenvalue weighted by atomic mass is 19.1. The number of hydrogen-bond donors (Lipinski definition) is 3. The molecular weight excluding hydrogens is 480 g/mol. The van der Waals surface area contributed by atoms with E-state index in [1.165, 1.54) is 6.08 Å². The van der Waals surface area contributed by atoms with Crippen molar-refractivity contribution in [2.24, 2.45) is 0 Å². The normalized spacial score (nSPS) is 20.9. The number of nitrogens with zero attached hydrogens (tertiary/aromatic N) is 2. The number of aliphatic hydroxyl groups is 2. The standard InChI is InChI=1S/C28H33F2N3O4/c1-36-27-11-10-25-28(33-27)18(12-14-32-25)4-6-22-7-9-24(26(37-22)16-21(35)17-34)31-13-2-3-19-15-20(29)5-8-23(19)30/h2-3,5,8,10-12,14-15,21-22,24,26,31,34-35H,4,6-7,9,13,16-17H2,1H3/b3-2+/t21-,22-,24-,26?/m1/s1. The molecule has 4 atom stereocenters. The van der Waals surface area contributed by atoms with Crippen LogP contribution in [0, 0.1) is 11.6 Å². The number of halogens is 2. The number of benzene rings is 1. The molecule has 9 heteroatoms. The summed E-state index contributed by atoms with van der Waals surface area (Å²) in [6, 6.07) is 8.93. The molecule has 3 heterocycles. The Labute approximate surface area is 215 Å². The summed E-state index contributed by atoms with van der Waals surface area (Å²) in [6.45, 7) is 0.0867. The Bertz CT molecular complexity index is 1210. The average Bonchev–Trinajstić information content (AvgIpc) is 2.92. The fourth-order valence-electron chi connectivity index (χ4n) is 4.71. The van der Waals surface area contributed by atoms with Gasteiger partial charge in [-0.25, -0.2) is 13.8 Å². The molecule has 1 aliphatic rings. The maximum Gasteiger partial charge on any atom is 0.213 e. The molecule has 3 aromatic rings. The number of rotatable bonds is 11. The summed E-state index contributed by atoms with van der Waals surface area (Å²) in [6.07, 6.45) is 7.31. The van der Waals surface area contributed by atoms with Crippen molar-refractivity contribution >= 4 is 17.1 Å². The number of hydrogen-bond acceptors (Lipinski definition) is 7. The first-order chi connectivity index (χ1) is 18.0. The first kappa shape index (κ1) is 27.1. The number of nitrogens with one attached hydrogen (secondary N) is 1. The van der Waals surface area contributed by atoms with Gasteiger partial charge in [-0.05, 0) is 61.6 Å². The number of fused-ring (bicyclic) bond motifs is 1. The predicted molar refractivity (Wildman–Crippen MR) is 137 cm³/mol. The number of aliphatic hydroxyl groups excluding tert-OH is 2. The molecule has 1 fully saturated rings. The average molecular weight is 514 g/mol. The van der Waals surface area contributed by atoms with Crippen molar-refractivity contribution in [3.8, 4) is 5.88 Å². The molecule has 0 radical (unpaired) electrons. The van der Waals surface area contributed by atoms with Crippen molar-refractivity contribution < 1.29 is 28.5 Å².